The molecule has 0 amide bonds. The molecule has 0 saturated carbocycles. The molecule has 0 aliphatic heterocycles. The minimum Gasteiger partial charge on any atom is -0.417 e. The van der Waals surface area contributed by atoms with E-state index in [1.54, 1.807) is 0 Å². The molecule has 0 radical (unpaired) electrons. The largest absolute Gasteiger partial charge is 0.417 e. The Morgan fingerprint density at radius 1 is 0.957 bits per heavy atom. The molecule has 1 atom stereocenters. The SMILES string of the molecule is C=CCCCCCCCC(O)CCCCO[Si](C)(C)C(C)(C)C. The normalized spacial score (nSPS) is 14.0. The fourth-order valence-electron chi connectivity index (χ4n) is 2.37. The van der Waals surface area contributed by atoms with Gasteiger partial charge in [0.25, 0.3) is 0 Å². The zero-order chi connectivity index (χ0) is 17.8. The Labute approximate surface area is 146 Å². The average molecular weight is 343 g/mol. The number of hydrogen-bond acceptors (Lipinski definition) is 2. The third-order valence-electron chi connectivity index (χ3n) is 5.15. The predicted octanol–water partition coefficient (Wildman–Crippen LogP) is 6.46. The van der Waals surface area contributed by atoms with Crippen LogP contribution in [0.4, 0.5) is 0 Å². The molecule has 0 aromatic rings. The summed E-state index contributed by atoms with van der Waals surface area (Å²) in [4.78, 5) is 0. The summed E-state index contributed by atoms with van der Waals surface area (Å²) in [6, 6.07) is 0. The predicted molar refractivity (Wildman–Crippen MR) is 106 cm³/mol. The van der Waals surface area contributed by atoms with Crippen molar-refractivity contribution in [2.24, 2.45) is 0 Å². The van der Waals surface area contributed by atoms with Crippen LogP contribution in [-0.4, -0.2) is 26.1 Å². The van der Waals surface area contributed by atoms with Gasteiger partial charge in [0.05, 0.1) is 6.10 Å². The average Bonchev–Trinajstić information content (AvgIpc) is 2.44. The van der Waals surface area contributed by atoms with Crippen molar-refractivity contribution in [1.82, 2.24) is 0 Å². The van der Waals surface area contributed by atoms with Crippen LogP contribution in [0, 0.1) is 0 Å². The van der Waals surface area contributed by atoms with Gasteiger partial charge in [-0.2, -0.15) is 0 Å². The molecule has 0 heterocycles. The number of unbranched alkanes of at least 4 members (excludes halogenated alkanes) is 6. The lowest BCUT2D eigenvalue weighted by molar-refractivity contribution is 0.144. The summed E-state index contributed by atoms with van der Waals surface area (Å²) in [6.45, 7) is 16.0. The molecular formula is C20H42O2Si. The Hall–Kier alpha value is -0.123. The second-order valence-electron chi connectivity index (χ2n) is 8.39. The molecule has 3 heteroatoms. The fraction of sp³-hybridized carbons (Fsp3) is 0.900. The Morgan fingerprint density at radius 3 is 2.04 bits per heavy atom. The number of rotatable bonds is 14. The zero-order valence-electron chi connectivity index (χ0n) is 16.5. The number of hydrogen-bond donors (Lipinski definition) is 1. The van der Waals surface area contributed by atoms with Crippen molar-refractivity contribution in [3.05, 3.63) is 12.7 Å². The van der Waals surface area contributed by atoms with Crippen LogP contribution in [-0.2, 0) is 4.43 Å². The summed E-state index contributed by atoms with van der Waals surface area (Å²) in [5.74, 6) is 0. The molecule has 1 N–H and O–H groups in total. The highest BCUT2D eigenvalue weighted by atomic mass is 28.4. The third-order valence-corrected chi connectivity index (χ3v) is 9.68. The van der Waals surface area contributed by atoms with Crippen LogP contribution in [0.2, 0.25) is 18.1 Å². The second-order valence-corrected chi connectivity index (χ2v) is 13.2. The fourth-order valence-corrected chi connectivity index (χ4v) is 3.46. The minimum absolute atomic E-state index is 0.115. The summed E-state index contributed by atoms with van der Waals surface area (Å²) in [6.07, 6.45) is 13.3. The molecule has 0 aliphatic carbocycles. The molecule has 0 rings (SSSR count). The maximum atomic E-state index is 10.0. The second kappa shape index (κ2) is 12.3. The van der Waals surface area contributed by atoms with E-state index in [1.807, 2.05) is 6.08 Å². The Kier molecular flexibility index (Phi) is 12.2. The van der Waals surface area contributed by atoms with Gasteiger partial charge in [0, 0.05) is 6.61 Å². The first-order valence-corrected chi connectivity index (χ1v) is 12.5. The minimum atomic E-state index is -1.59. The van der Waals surface area contributed by atoms with E-state index in [4.69, 9.17) is 4.43 Å². The standard InChI is InChI=1S/C20H42O2Si/c1-7-8-9-10-11-12-13-16-19(21)17-14-15-18-22-23(5,6)20(2,3)4/h7,19,21H,1,8-18H2,2-6H3. The van der Waals surface area contributed by atoms with E-state index in [9.17, 15) is 5.11 Å². The van der Waals surface area contributed by atoms with Crippen LogP contribution in [0.5, 0.6) is 0 Å². The highest BCUT2D eigenvalue weighted by Crippen LogP contribution is 2.36. The van der Waals surface area contributed by atoms with Gasteiger partial charge < -0.3 is 9.53 Å². The first-order chi connectivity index (χ1) is 10.7. The van der Waals surface area contributed by atoms with E-state index in [2.05, 4.69) is 40.4 Å². The van der Waals surface area contributed by atoms with E-state index >= 15 is 0 Å². The smallest absolute Gasteiger partial charge is 0.191 e. The molecule has 0 fully saturated rings. The van der Waals surface area contributed by atoms with Crippen LogP contribution in [0.25, 0.3) is 0 Å². The van der Waals surface area contributed by atoms with E-state index in [0.29, 0.717) is 0 Å². The molecule has 1 unspecified atom stereocenters. The molecule has 23 heavy (non-hydrogen) atoms. The van der Waals surface area contributed by atoms with Gasteiger partial charge >= 0.3 is 0 Å². The van der Waals surface area contributed by atoms with Gasteiger partial charge in [0.2, 0.25) is 0 Å². The molecule has 0 aromatic carbocycles. The monoisotopic (exact) mass is 342 g/mol. The maximum absolute atomic E-state index is 10.0. The molecule has 0 bridgehead atoms. The van der Waals surface area contributed by atoms with Crippen LogP contribution >= 0.6 is 0 Å². The first kappa shape index (κ1) is 22.9. The van der Waals surface area contributed by atoms with Gasteiger partial charge in [0.1, 0.15) is 0 Å². The van der Waals surface area contributed by atoms with Gasteiger partial charge in [0.15, 0.2) is 8.32 Å². The molecular weight excluding hydrogens is 300 g/mol. The summed E-state index contributed by atoms with van der Waals surface area (Å²) in [5, 5.41) is 10.3. The van der Waals surface area contributed by atoms with Crippen molar-refractivity contribution in [3.63, 3.8) is 0 Å². The maximum Gasteiger partial charge on any atom is 0.191 e. The van der Waals surface area contributed by atoms with Gasteiger partial charge in [-0.1, -0.05) is 52.5 Å². The lowest BCUT2D eigenvalue weighted by atomic mass is 10.0. The van der Waals surface area contributed by atoms with Gasteiger partial charge in [-0.3, -0.25) is 0 Å². The van der Waals surface area contributed by atoms with Crippen molar-refractivity contribution in [2.75, 3.05) is 6.61 Å². The summed E-state index contributed by atoms with van der Waals surface area (Å²) in [7, 11) is -1.59. The van der Waals surface area contributed by atoms with Crippen LogP contribution < -0.4 is 0 Å². The topological polar surface area (TPSA) is 29.5 Å². The van der Waals surface area contributed by atoms with E-state index < -0.39 is 8.32 Å². The van der Waals surface area contributed by atoms with Gasteiger partial charge in [-0.05, 0) is 56.7 Å². The highest BCUT2D eigenvalue weighted by Gasteiger charge is 2.36. The molecule has 138 valence electrons. The lowest BCUT2D eigenvalue weighted by Crippen LogP contribution is -2.40. The third kappa shape index (κ3) is 12.0. The number of allylic oxidation sites excluding steroid dienone is 1. The Balaban J connectivity index is 3.50. The Morgan fingerprint density at radius 2 is 1.48 bits per heavy atom. The van der Waals surface area contributed by atoms with E-state index in [-0.39, 0.29) is 11.1 Å². The van der Waals surface area contributed by atoms with Crippen molar-refractivity contribution in [3.8, 4) is 0 Å². The van der Waals surface area contributed by atoms with Crippen LogP contribution in [0.1, 0.15) is 85.0 Å². The lowest BCUT2D eigenvalue weighted by Gasteiger charge is -2.36. The van der Waals surface area contributed by atoms with E-state index in [1.165, 1.54) is 25.7 Å². The van der Waals surface area contributed by atoms with Crippen molar-refractivity contribution in [2.45, 2.75) is 109 Å². The number of aliphatic hydroxyl groups excluding tert-OH is 1. The zero-order valence-corrected chi connectivity index (χ0v) is 17.5. The molecule has 0 saturated heterocycles. The van der Waals surface area contributed by atoms with Crippen molar-refractivity contribution in [1.29, 1.82) is 0 Å². The Bertz CT molecular complexity index is 295. The summed E-state index contributed by atoms with van der Waals surface area (Å²) < 4.78 is 6.17. The van der Waals surface area contributed by atoms with Crippen LogP contribution in [0.15, 0.2) is 12.7 Å². The quantitative estimate of drug-likeness (QED) is 0.223. The highest BCUT2D eigenvalue weighted by molar-refractivity contribution is 6.74. The first-order valence-electron chi connectivity index (χ1n) is 9.63. The van der Waals surface area contributed by atoms with Crippen molar-refractivity contribution >= 4 is 8.32 Å². The van der Waals surface area contributed by atoms with Gasteiger partial charge in [-0.25, -0.2) is 0 Å². The number of aliphatic hydroxyl groups is 1. The van der Waals surface area contributed by atoms with Crippen molar-refractivity contribution < 1.29 is 9.53 Å². The molecule has 0 spiro atoms. The molecule has 0 aromatic heterocycles. The van der Waals surface area contributed by atoms with Crippen LogP contribution in [0.3, 0.4) is 0 Å². The summed E-state index contributed by atoms with van der Waals surface area (Å²) >= 11 is 0. The molecule has 0 aliphatic rings. The molecule has 2 nitrogen and oxygen atoms in total. The van der Waals surface area contributed by atoms with E-state index in [0.717, 1.165) is 45.1 Å². The van der Waals surface area contributed by atoms with Gasteiger partial charge in [-0.15, -0.1) is 6.58 Å². The summed E-state index contributed by atoms with van der Waals surface area (Å²) in [5.41, 5.74) is 0.